The standard InChI is InChI=1S/C31H35F2N5O6S/c1-18(20(3)14-37-15-31(16-43-17-31)44-28-23(45(37,41)42)8-7-12-34-28)9-10-19(2)24(30(5,6)29(39)40)22-11-13-38-26(21(22)4)35-36-27(38)25(32)33/h7-13,24-25H,2,14-17H2,1,3-6H3,(H,39,40)/b10-9-,20-18+/t24-/m0/s1. The van der Waals surface area contributed by atoms with Crippen LogP contribution in [0.2, 0.25) is 0 Å². The minimum absolute atomic E-state index is 0.0115. The van der Waals surface area contributed by atoms with E-state index in [2.05, 4.69) is 21.8 Å². The van der Waals surface area contributed by atoms with Gasteiger partial charge in [-0.2, -0.15) is 4.31 Å². The molecule has 0 amide bonds. The largest absolute Gasteiger partial charge is 0.481 e. The van der Waals surface area contributed by atoms with Gasteiger partial charge in [-0.25, -0.2) is 22.2 Å². The van der Waals surface area contributed by atoms with Gasteiger partial charge in [-0.1, -0.05) is 29.9 Å². The third kappa shape index (κ3) is 5.77. The maximum absolute atomic E-state index is 13.7. The van der Waals surface area contributed by atoms with Crippen molar-refractivity contribution < 1.29 is 36.6 Å². The van der Waals surface area contributed by atoms with E-state index in [0.717, 1.165) is 11.1 Å². The number of hydrogen-bond acceptors (Lipinski definition) is 8. The van der Waals surface area contributed by atoms with Crippen molar-refractivity contribution in [2.75, 3.05) is 26.3 Å². The SMILES string of the molecule is C=C(/C=C\C(C)=C(/C)CN1CC2(COC2)Oc2ncccc2S1(=O)=O)[C@@H](c1ccn2c(C(F)F)nnc2c1C)C(C)(C)C(=O)O. The molecule has 1 N–H and O–H groups in total. The van der Waals surface area contributed by atoms with E-state index in [1.165, 1.54) is 27.2 Å². The third-order valence-electron chi connectivity index (χ3n) is 8.54. The second-order valence-corrected chi connectivity index (χ2v) is 14.0. The summed E-state index contributed by atoms with van der Waals surface area (Å²) in [5.41, 5.74) is 1.05. The molecule has 0 unspecified atom stereocenters. The molecular formula is C31H35F2N5O6S. The molecule has 0 radical (unpaired) electrons. The topological polar surface area (TPSA) is 136 Å². The summed E-state index contributed by atoms with van der Waals surface area (Å²) in [5.74, 6) is -2.29. The van der Waals surface area contributed by atoms with Gasteiger partial charge in [-0.3, -0.25) is 9.20 Å². The fourth-order valence-corrected chi connectivity index (χ4v) is 7.28. The van der Waals surface area contributed by atoms with E-state index >= 15 is 0 Å². The lowest BCUT2D eigenvalue weighted by Gasteiger charge is -2.41. The number of aromatic nitrogens is 4. The molecule has 1 atom stereocenters. The van der Waals surface area contributed by atoms with Gasteiger partial charge in [0.25, 0.3) is 6.43 Å². The fraction of sp³-hybridized carbons (Fsp3) is 0.419. The van der Waals surface area contributed by atoms with Crippen LogP contribution in [0.5, 0.6) is 5.88 Å². The van der Waals surface area contributed by atoms with E-state index in [4.69, 9.17) is 9.47 Å². The zero-order chi connectivity index (χ0) is 32.9. The second-order valence-electron chi connectivity index (χ2n) is 12.1. The first-order chi connectivity index (χ1) is 21.1. The number of aryl methyl sites for hydroxylation is 1. The lowest BCUT2D eigenvalue weighted by atomic mass is 9.70. The molecule has 1 fully saturated rings. The smallest absolute Gasteiger partial charge is 0.310 e. The first-order valence-corrected chi connectivity index (χ1v) is 15.6. The Morgan fingerprint density at radius 2 is 1.93 bits per heavy atom. The van der Waals surface area contributed by atoms with Crippen molar-refractivity contribution in [3.63, 3.8) is 0 Å². The van der Waals surface area contributed by atoms with Crippen LogP contribution < -0.4 is 4.74 Å². The highest BCUT2D eigenvalue weighted by Crippen LogP contribution is 2.43. The minimum Gasteiger partial charge on any atom is -0.481 e. The number of pyridine rings is 2. The molecule has 0 aromatic carbocycles. The summed E-state index contributed by atoms with van der Waals surface area (Å²) >= 11 is 0. The van der Waals surface area contributed by atoms with Gasteiger partial charge in [0.1, 0.15) is 4.90 Å². The van der Waals surface area contributed by atoms with Gasteiger partial charge in [0.15, 0.2) is 11.2 Å². The van der Waals surface area contributed by atoms with Crippen molar-refractivity contribution in [1.29, 1.82) is 0 Å². The van der Waals surface area contributed by atoms with Crippen molar-refractivity contribution in [2.45, 2.75) is 57.5 Å². The summed E-state index contributed by atoms with van der Waals surface area (Å²) < 4.78 is 68.2. The first-order valence-electron chi connectivity index (χ1n) is 14.2. The number of rotatable bonds is 9. The summed E-state index contributed by atoms with van der Waals surface area (Å²) in [6.07, 6.45) is 3.53. The van der Waals surface area contributed by atoms with Crippen LogP contribution in [0.1, 0.15) is 57.0 Å². The van der Waals surface area contributed by atoms with Crippen molar-refractivity contribution in [1.82, 2.24) is 23.9 Å². The zero-order valence-corrected chi connectivity index (χ0v) is 26.4. The fourth-order valence-electron chi connectivity index (χ4n) is 5.66. The zero-order valence-electron chi connectivity index (χ0n) is 25.6. The number of carboxylic acid groups (broad SMARTS) is 1. The van der Waals surface area contributed by atoms with Crippen LogP contribution in [0, 0.1) is 12.3 Å². The Balaban J connectivity index is 1.46. The van der Waals surface area contributed by atoms with E-state index in [1.54, 1.807) is 45.1 Å². The molecule has 0 aliphatic carbocycles. The van der Waals surface area contributed by atoms with Crippen molar-refractivity contribution >= 4 is 21.6 Å². The van der Waals surface area contributed by atoms with E-state index in [1.807, 2.05) is 13.8 Å². The van der Waals surface area contributed by atoms with E-state index in [9.17, 15) is 27.1 Å². The van der Waals surface area contributed by atoms with Gasteiger partial charge >= 0.3 is 5.97 Å². The first kappa shape index (κ1) is 32.4. The van der Waals surface area contributed by atoms with Crippen LogP contribution in [0.3, 0.4) is 0 Å². The number of carboxylic acids is 1. The number of ether oxygens (including phenoxy) is 2. The Labute approximate surface area is 259 Å². The highest BCUT2D eigenvalue weighted by atomic mass is 32.2. The van der Waals surface area contributed by atoms with Gasteiger partial charge in [0, 0.05) is 24.9 Å². The highest BCUT2D eigenvalue weighted by Gasteiger charge is 2.49. The lowest BCUT2D eigenvalue weighted by Crippen LogP contribution is -2.60. The maximum Gasteiger partial charge on any atom is 0.310 e. The van der Waals surface area contributed by atoms with Gasteiger partial charge in [0.05, 0.1) is 25.2 Å². The average Bonchev–Trinajstić information content (AvgIpc) is 3.37. The highest BCUT2D eigenvalue weighted by molar-refractivity contribution is 7.89. The van der Waals surface area contributed by atoms with Crippen molar-refractivity contribution in [3.8, 4) is 5.88 Å². The van der Waals surface area contributed by atoms with Gasteiger partial charge < -0.3 is 14.6 Å². The summed E-state index contributed by atoms with van der Waals surface area (Å²) in [6.45, 7) is 13.3. The third-order valence-corrected chi connectivity index (χ3v) is 10.3. The number of carbonyl (C=O) groups is 1. The van der Waals surface area contributed by atoms with Crippen LogP contribution >= 0.6 is 0 Å². The molecule has 1 saturated heterocycles. The maximum atomic E-state index is 13.7. The van der Waals surface area contributed by atoms with E-state index in [-0.39, 0.29) is 42.7 Å². The summed E-state index contributed by atoms with van der Waals surface area (Å²) in [7, 11) is -3.94. The molecular weight excluding hydrogens is 608 g/mol. The predicted molar refractivity (Wildman–Crippen MR) is 161 cm³/mol. The second kappa shape index (κ2) is 11.7. The Morgan fingerprint density at radius 1 is 1.22 bits per heavy atom. The normalized spacial score (nSPS) is 19.1. The Hall–Kier alpha value is -4.01. The van der Waals surface area contributed by atoms with Gasteiger partial charge in [-0.05, 0) is 69.5 Å². The molecule has 0 saturated carbocycles. The van der Waals surface area contributed by atoms with E-state index in [0.29, 0.717) is 16.7 Å². The Kier molecular flexibility index (Phi) is 8.44. The van der Waals surface area contributed by atoms with Crippen molar-refractivity contribution in [2.24, 2.45) is 5.41 Å². The molecule has 0 bridgehead atoms. The Bertz CT molecular complexity index is 1850. The molecule has 14 heteroatoms. The predicted octanol–water partition coefficient (Wildman–Crippen LogP) is 4.87. The number of hydrogen-bond donors (Lipinski definition) is 1. The van der Waals surface area contributed by atoms with Gasteiger partial charge in [-0.15, -0.1) is 10.2 Å². The van der Waals surface area contributed by atoms with Crippen LogP contribution in [0.15, 0.2) is 70.9 Å². The molecule has 2 aliphatic rings. The number of sulfonamides is 1. The van der Waals surface area contributed by atoms with E-state index < -0.39 is 45.2 Å². The number of halogens is 2. The molecule has 11 nitrogen and oxygen atoms in total. The molecule has 240 valence electrons. The molecule has 2 aliphatic heterocycles. The lowest BCUT2D eigenvalue weighted by molar-refractivity contribution is -0.166. The molecule has 1 spiro atoms. The number of alkyl halides is 2. The number of allylic oxidation sites excluding steroid dienone is 4. The summed E-state index contributed by atoms with van der Waals surface area (Å²) in [5, 5.41) is 17.7. The van der Waals surface area contributed by atoms with Crippen LogP contribution in [0.25, 0.3) is 5.65 Å². The van der Waals surface area contributed by atoms with Crippen LogP contribution in [0.4, 0.5) is 8.78 Å². The number of fused-ring (bicyclic) bond motifs is 2. The molecule has 45 heavy (non-hydrogen) atoms. The molecule has 3 aromatic heterocycles. The van der Waals surface area contributed by atoms with Gasteiger partial charge in [0.2, 0.25) is 21.7 Å². The quantitative estimate of drug-likeness (QED) is 0.324. The summed E-state index contributed by atoms with van der Waals surface area (Å²) in [4.78, 5) is 16.6. The minimum atomic E-state index is -3.94. The van der Waals surface area contributed by atoms with Crippen LogP contribution in [-0.4, -0.2) is 75.3 Å². The molecule has 3 aromatic rings. The van der Waals surface area contributed by atoms with Crippen LogP contribution in [-0.2, 0) is 19.6 Å². The average molecular weight is 644 g/mol. The molecule has 5 rings (SSSR count). The van der Waals surface area contributed by atoms with Crippen molar-refractivity contribution in [3.05, 3.63) is 83.0 Å². The number of nitrogens with zero attached hydrogens (tertiary/aromatic N) is 5. The summed E-state index contributed by atoms with van der Waals surface area (Å²) in [6, 6.07) is 4.61. The Morgan fingerprint density at radius 3 is 2.56 bits per heavy atom. The molecule has 5 heterocycles. The monoisotopic (exact) mass is 643 g/mol. The number of aliphatic carboxylic acids is 1.